The van der Waals surface area contributed by atoms with Crippen molar-refractivity contribution in [2.24, 2.45) is 7.05 Å². The largest absolute Gasteiger partial charge is 0.477 e. The molecule has 96 valence electrons. The van der Waals surface area contributed by atoms with Gasteiger partial charge in [0.05, 0.1) is 5.69 Å². The number of halogens is 1. The van der Waals surface area contributed by atoms with Gasteiger partial charge < -0.3 is 9.67 Å². The van der Waals surface area contributed by atoms with Gasteiger partial charge in [0, 0.05) is 29.5 Å². The lowest BCUT2D eigenvalue weighted by molar-refractivity contribution is 0.0687. The molecule has 1 aromatic carbocycles. The molecule has 0 amide bonds. The highest BCUT2D eigenvalue weighted by molar-refractivity contribution is 9.10. The monoisotopic (exact) mass is 319 g/mol. The van der Waals surface area contributed by atoms with Crippen LogP contribution in [0.2, 0.25) is 0 Å². The minimum Gasteiger partial charge on any atom is -0.477 e. The summed E-state index contributed by atoms with van der Waals surface area (Å²) in [5.74, 6) is -0.353. The van der Waals surface area contributed by atoms with E-state index in [2.05, 4.69) is 20.9 Å². The second-order valence-electron chi connectivity index (χ2n) is 4.22. The van der Waals surface area contributed by atoms with Crippen LogP contribution in [0.1, 0.15) is 10.5 Å². The van der Waals surface area contributed by atoms with E-state index in [4.69, 9.17) is 5.11 Å². The van der Waals surface area contributed by atoms with Crippen molar-refractivity contribution >= 4 is 27.7 Å². The Morgan fingerprint density at radius 3 is 2.53 bits per heavy atom. The van der Waals surface area contributed by atoms with Crippen molar-refractivity contribution in [1.29, 1.82) is 0 Å². The van der Waals surface area contributed by atoms with Crippen LogP contribution in [0.15, 0.2) is 41.1 Å². The topological polar surface area (TPSA) is 59.5 Å². The number of hydrogen-bond donors (Lipinski definition) is 1. The van der Waals surface area contributed by atoms with Gasteiger partial charge in [0.15, 0.2) is 0 Å². The molecule has 6 heteroatoms. The van der Waals surface area contributed by atoms with Crippen LogP contribution in [0.4, 0.5) is 0 Å². The second-order valence-corrected chi connectivity index (χ2v) is 5.13. The van der Waals surface area contributed by atoms with Gasteiger partial charge in [-0.05, 0) is 12.1 Å². The molecule has 0 saturated heterocycles. The zero-order valence-electron chi connectivity index (χ0n) is 10.0. The number of rotatable bonds is 2. The lowest BCUT2D eigenvalue weighted by atomic mass is 10.2. The molecule has 0 fully saturated rings. The van der Waals surface area contributed by atoms with Gasteiger partial charge in [-0.3, -0.25) is 4.40 Å². The number of carboxylic acids is 1. The van der Waals surface area contributed by atoms with E-state index in [1.54, 1.807) is 22.2 Å². The van der Waals surface area contributed by atoms with E-state index in [1.165, 1.54) is 0 Å². The van der Waals surface area contributed by atoms with Crippen molar-refractivity contribution in [1.82, 2.24) is 14.0 Å². The lowest BCUT2D eigenvalue weighted by Gasteiger charge is -1.97. The minimum atomic E-state index is -0.960. The molecule has 0 radical (unpaired) electrons. The fourth-order valence-corrected chi connectivity index (χ4v) is 2.28. The molecule has 0 aliphatic carbocycles. The van der Waals surface area contributed by atoms with Crippen LogP contribution in [0.25, 0.3) is 17.0 Å². The molecule has 0 spiro atoms. The molecular weight excluding hydrogens is 310 g/mol. The first-order chi connectivity index (χ1) is 9.06. The molecule has 2 heterocycles. The molecule has 0 atom stereocenters. The molecule has 0 saturated carbocycles. The van der Waals surface area contributed by atoms with E-state index in [1.807, 2.05) is 30.5 Å². The number of benzene rings is 1. The van der Waals surface area contributed by atoms with Gasteiger partial charge in [-0.25, -0.2) is 9.78 Å². The Kier molecular flexibility index (Phi) is 2.67. The minimum absolute atomic E-state index is 0.213. The first-order valence-electron chi connectivity index (χ1n) is 5.60. The third-order valence-electron chi connectivity index (χ3n) is 2.99. The smallest absolute Gasteiger partial charge is 0.354 e. The maximum Gasteiger partial charge on any atom is 0.354 e. The maximum absolute atomic E-state index is 11.0. The molecule has 3 aromatic rings. The number of hydrogen-bond acceptors (Lipinski definition) is 2. The predicted octanol–water partition coefficient (Wildman–Crippen LogP) is 2.80. The quantitative estimate of drug-likeness (QED) is 0.790. The van der Waals surface area contributed by atoms with Crippen LogP contribution in [0.5, 0.6) is 0 Å². The first-order valence-corrected chi connectivity index (χ1v) is 6.39. The summed E-state index contributed by atoms with van der Waals surface area (Å²) in [4.78, 5) is 15.5. The summed E-state index contributed by atoms with van der Waals surface area (Å²) in [5.41, 5.74) is 2.02. The van der Waals surface area contributed by atoms with Crippen molar-refractivity contribution in [3.8, 4) is 11.3 Å². The molecule has 5 nitrogen and oxygen atoms in total. The molecule has 0 aliphatic rings. The summed E-state index contributed by atoms with van der Waals surface area (Å²) >= 11 is 3.39. The molecule has 2 aromatic heterocycles. The van der Waals surface area contributed by atoms with Gasteiger partial charge in [-0.15, -0.1) is 0 Å². The third kappa shape index (κ3) is 1.94. The highest BCUT2D eigenvalue weighted by atomic mass is 79.9. The first kappa shape index (κ1) is 12.0. The van der Waals surface area contributed by atoms with Crippen LogP contribution >= 0.6 is 15.9 Å². The van der Waals surface area contributed by atoms with Crippen LogP contribution in [-0.4, -0.2) is 25.0 Å². The van der Waals surface area contributed by atoms with E-state index < -0.39 is 5.97 Å². The van der Waals surface area contributed by atoms with Crippen LogP contribution in [0.3, 0.4) is 0 Å². The molecule has 19 heavy (non-hydrogen) atoms. The van der Waals surface area contributed by atoms with E-state index in [0.717, 1.165) is 15.7 Å². The molecule has 0 bridgehead atoms. The molecule has 3 rings (SSSR count). The number of fused-ring (bicyclic) bond motifs is 1. The maximum atomic E-state index is 11.0. The number of nitrogens with zero attached hydrogens (tertiary/aromatic N) is 3. The summed E-state index contributed by atoms with van der Waals surface area (Å²) in [7, 11) is 1.69. The molecule has 0 aliphatic heterocycles. The van der Waals surface area contributed by atoms with Gasteiger partial charge in [0.1, 0.15) is 5.69 Å². The molecule has 0 unspecified atom stereocenters. The average Bonchev–Trinajstić information content (AvgIpc) is 2.90. The Labute approximate surface area is 117 Å². The fraction of sp³-hybridized carbons (Fsp3) is 0.0769. The van der Waals surface area contributed by atoms with Gasteiger partial charge in [0.2, 0.25) is 5.78 Å². The van der Waals surface area contributed by atoms with E-state index >= 15 is 0 Å². The second kappa shape index (κ2) is 4.24. The summed E-state index contributed by atoms with van der Waals surface area (Å²) in [6.07, 6.45) is 3.39. The average molecular weight is 320 g/mol. The van der Waals surface area contributed by atoms with Gasteiger partial charge in [0.25, 0.3) is 0 Å². The van der Waals surface area contributed by atoms with Gasteiger partial charge in [-0.2, -0.15) is 0 Å². The van der Waals surface area contributed by atoms with Crippen LogP contribution in [-0.2, 0) is 7.05 Å². The fourth-order valence-electron chi connectivity index (χ4n) is 2.01. The zero-order chi connectivity index (χ0) is 13.6. The lowest BCUT2D eigenvalue weighted by Crippen LogP contribution is -2.04. The Morgan fingerprint density at radius 1 is 1.26 bits per heavy atom. The Morgan fingerprint density at radius 2 is 1.95 bits per heavy atom. The van der Waals surface area contributed by atoms with Crippen molar-refractivity contribution in [2.45, 2.75) is 0 Å². The number of aromatic nitrogens is 3. The summed E-state index contributed by atoms with van der Waals surface area (Å²) < 4.78 is 4.29. The van der Waals surface area contributed by atoms with Crippen LogP contribution < -0.4 is 0 Å². The highest BCUT2D eigenvalue weighted by Crippen LogP contribution is 2.22. The van der Waals surface area contributed by atoms with E-state index in [9.17, 15) is 4.79 Å². The number of carbonyl (C=O) groups is 1. The number of carboxylic acid groups (broad SMARTS) is 1. The number of aryl methyl sites for hydroxylation is 1. The van der Waals surface area contributed by atoms with E-state index in [0.29, 0.717) is 5.78 Å². The Hall–Kier alpha value is -2.08. The molecule has 1 N–H and O–H groups in total. The predicted molar refractivity (Wildman–Crippen MR) is 74.3 cm³/mol. The molecular formula is C13H10BrN3O2. The van der Waals surface area contributed by atoms with Crippen molar-refractivity contribution in [3.63, 3.8) is 0 Å². The summed E-state index contributed by atoms with van der Waals surface area (Å²) in [6.45, 7) is 0. The van der Waals surface area contributed by atoms with Crippen molar-refractivity contribution < 1.29 is 9.90 Å². The van der Waals surface area contributed by atoms with E-state index in [-0.39, 0.29) is 5.69 Å². The SMILES string of the molecule is Cn1c(C(=O)O)cn2cc(-c3ccc(Br)cc3)nc12. The van der Waals surface area contributed by atoms with Crippen molar-refractivity contribution in [2.75, 3.05) is 0 Å². The standard InChI is InChI=1S/C13H10BrN3O2/c1-16-11(12(18)19)7-17-6-10(15-13(16)17)8-2-4-9(14)5-3-8/h2-7H,1H3,(H,18,19). The Bertz CT molecular complexity index is 771. The highest BCUT2D eigenvalue weighted by Gasteiger charge is 2.15. The summed E-state index contributed by atoms with van der Waals surface area (Å²) in [5, 5.41) is 9.03. The number of imidazole rings is 2. The third-order valence-corrected chi connectivity index (χ3v) is 3.52. The summed E-state index contributed by atoms with van der Waals surface area (Å²) in [6, 6.07) is 7.82. The van der Waals surface area contributed by atoms with Gasteiger partial charge >= 0.3 is 5.97 Å². The Balaban J connectivity index is 2.13. The zero-order valence-corrected chi connectivity index (χ0v) is 11.6. The van der Waals surface area contributed by atoms with Crippen LogP contribution in [0, 0.1) is 0 Å². The normalized spacial score (nSPS) is 11.1. The number of aromatic carboxylic acids is 1. The van der Waals surface area contributed by atoms with Gasteiger partial charge in [-0.1, -0.05) is 28.1 Å². The van der Waals surface area contributed by atoms with Crippen molar-refractivity contribution in [3.05, 3.63) is 46.8 Å².